The van der Waals surface area contributed by atoms with Gasteiger partial charge in [-0.05, 0) is 43.4 Å². The van der Waals surface area contributed by atoms with E-state index in [1.165, 1.54) is 11.6 Å². The molecule has 0 radical (unpaired) electrons. The van der Waals surface area contributed by atoms with Crippen molar-refractivity contribution in [2.45, 2.75) is 39.8 Å². The Bertz CT molecular complexity index is 569. The Hall–Kier alpha value is -1.85. The van der Waals surface area contributed by atoms with Crippen LogP contribution in [0.1, 0.15) is 39.2 Å². The smallest absolute Gasteiger partial charge is 0.261 e. The summed E-state index contributed by atoms with van der Waals surface area (Å²) in [5, 5.41) is 4.24. The van der Waals surface area contributed by atoms with Crippen LogP contribution in [0.4, 0.5) is 19.0 Å². The van der Waals surface area contributed by atoms with Crippen molar-refractivity contribution in [2.24, 2.45) is 10.5 Å². The molecule has 1 aromatic rings. The van der Waals surface area contributed by atoms with Crippen molar-refractivity contribution in [1.82, 2.24) is 4.98 Å². The van der Waals surface area contributed by atoms with Crippen molar-refractivity contribution < 1.29 is 13.2 Å². The molecule has 0 aromatic carbocycles. The topological polar surface area (TPSA) is 37.3 Å². The minimum atomic E-state index is -4.37. The van der Waals surface area contributed by atoms with Crippen molar-refractivity contribution >= 4 is 11.5 Å². The molecule has 0 bridgehead atoms. The summed E-state index contributed by atoms with van der Waals surface area (Å²) in [7, 11) is 0. The zero-order valence-electron chi connectivity index (χ0n) is 12.3. The van der Waals surface area contributed by atoms with Crippen LogP contribution >= 0.6 is 0 Å². The first kappa shape index (κ1) is 15.5. The summed E-state index contributed by atoms with van der Waals surface area (Å²) in [6.45, 7) is 6.37. The van der Waals surface area contributed by atoms with E-state index < -0.39 is 11.7 Å². The van der Waals surface area contributed by atoms with E-state index >= 15 is 0 Å². The second-order valence-electron chi connectivity index (χ2n) is 6.15. The molecule has 6 heteroatoms. The number of hydrazone groups is 1. The van der Waals surface area contributed by atoms with Gasteiger partial charge >= 0.3 is 6.18 Å². The molecule has 2 rings (SSSR count). The average molecular weight is 297 g/mol. The van der Waals surface area contributed by atoms with E-state index in [1.54, 1.807) is 0 Å². The van der Waals surface area contributed by atoms with E-state index in [-0.39, 0.29) is 5.41 Å². The fourth-order valence-electron chi connectivity index (χ4n) is 2.52. The molecule has 0 aliphatic heterocycles. The Morgan fingerprint density at radius 2 is 1.95 bits per heavy atom. The molecule has 0 amide bonds. The molecule has 0 saturated heterocycles. The summed E-state index contributed by atoms with van der Waals surface area (Å²) in [6.07, 6.45) is 0.268. The molecule has 1 aliphatic carbocycles. The van der Waals surface area contributed by atoms with Gasteiger partial charge in [0.1, 0.15) is 5.82 Å². The molecule has 114 valence electrons. The average Bonchev–Trinajstić information content (AvgIpc) is 2.33. The van der Waals surface area contributed by atoms with Gasteiger partial charge < -0.3 is 0 Å². The highest BCUT2D eigenvalue weighted by Crippen LogP contribution is 2.33. The summed E-state index contributed by atoms with van der Waals surface area (Å²) in [5.41, 5.74) is 4.22. The van der Waals surface area contributed by atoms with Gasteiger partial charge in [0.15, 0.2) is 0 Å². The normalized spacial score (nSPS) is 20.3. The molecular weight excluding hydrogens is 279 g/mol. The van der Waals surface area contributed by atoms with Crippen molar-refractivity contribution in [3.05, 3.63) is 35.5 Å². The molecule has 0 fully saturated rings. The van der Waals surface area contributed by atoms with Crippen LogP contribution in [0.5, 0.6) is 0 Å². The standard InChI is InChI=1S/C15H18F3N3/c1-10-6-12(8-14(2,3)7-10)20-21-13-5-4-11(9-19-13)15(16,17)18/h4-6,9H,7-8H2,1-3H3,(H,19,21)/b20-12+. The second kappa shape index (κ2) is 5.50. The highest BCUT2D eigenvalue weighted by Gasteiger charge is 2.30. The third-order valence-corrected chi connectivity index (χ3v) is 3.23. The fraction of sp³-hybridized carbons (Fsp3) is 0.467. The number of pyridine rings is 1. The first-order valence-corrected chi connectivity index (χ1v) is 6.69. The zero-order chi connectivity index (χ0) is 15.7. The molecular formula is C15H18F3N3. The number of aromatic nitrogens is 1. The van der Waals surface area contributed by atoms with Crippen LogP contribution in [0.3, 0.4) is 0 Å². The Kier molecular flexibility index (Phi) is 4.07. The maximum absolute atomic E-state index is 12.4. The third kappa shape index (κ3) is 4.31. The van der Waals surface area contributed by atoms with Gasteiger partial charge in [-0.3, -0.25) is 5.43 Å². The van der Waals surface area contributed by atoms with Gasteiger partial charge in [-0.15, -0.1) is 0 Å². The number of anilines is 1. The summed E-state index contributed by atoms with van der Waals surface area (Å²) >= 11 is 0. The van der Waals surface area contributed by atoms with E-state index in [9.17, 15) is 13.2 Å². The van der Waals surface area contributed by atoms with E-state index in [2.05, 4.69) is 29.4 Å². The van der Waals surface area contributed by atoms with Crippen molar-refractivity contribution in [3.8, 4) is 0 Å². The number of nitrogens with zero attached hydrogens (tertiary/aromatic N) is 2. The van der Waals surface area contributed by atoms with Crippen LogP contribution in [0, 0.1) is 5.41 Å². The number of rotatable bonds is 2. The largest absolute Gasteiger partial charge is 0.417 e. The molecule has 0 unspecified atom stereocenters. The summed E-state index contributed by atoms with van der Waals surface area (Å²) in [5.74, 6) is 0.296. The first-order valence-electron chi connectivity index (χ1n) is 6.69. The molecule has 3 nitrogen and oxygen atoms in total. The van der Waals surface area contributed by atoms with Crippen LogP contribution < -0.4 is 5.43 Å². The number of hydrogen-bond donors (Lipinski definition) is 1. The van der Waals surface area contributed by atoms with Gasteiger partial charge in [-0.1, -0.05) is 19.4 Å². The van der Waals surface area contributed by atoms with Crippen molar-refractivity contribution in [1.29, 1.82) is 0 Å². The van der Waals surface area contributed by atoms with E-state index in [0.717, 1.165) is 30.8 Å². The summed E-state index contributed by atoms with van der Waals surface area (Å²) in [6, 6.07) is 2.26. The lowest BCUT2D eigenvalue weighted by Crippen LogP contribution is -2.22. The first-order chi connectivity index (χ1) is 9.66. The van der Waals surface area contributed by atoms with Crippen LogP contribution in [0.25, 0.3) is 0 Å². The molecule has 21 heavy (non-hydrogen) atoms. The molecule has 0 spiro atoms. The minimum absolute atomic E-state index is 0.146. The predicted molar refractivity (Wildman–Crippen MR) is 77.1 cm³/mol. The molecule has 1 N–H and O–H groups in total. The molecule has 0 atom stereocenters. The maximum atomic E-state index is 12.4. The molecule has 0 saturated carbocycles. The fourth-order valence-corrected chi connectivity index (χ4v) is 2.52. The summed E-state index contributed by atoms with van der Waals surface area (Å²) < 4.78 is 37.3. The Morgan fingerprint density at radius 1 is 1.24 bits per heavy atom. The van der Waals surface area contributed by atoms with Gasteiger partial charge in [0.25, 0.3) is 0 Å². The lowest BCUT2D eigenvalue weighted by Gasteiger charge is -2.29. The minimum Gasteiger partial charge on any atom is -0.261 e. The second-order valence-corrected chi connectivity index (χ2v) is 6.15. The van der Waals surface area contributed by atoms with Crippen molar-refractivity contribution in [3.63, 3.8) is 0 Å². The van der Waals surface area contributed by atoms with Crippen LogP contribution in [0.15, 0.2) is 35.1 Å². The van der Waals surface area contributed by atoms with E-state index in [0.29, 0.717) is 5.82 Å². The molecule has 1 heterocycles. The number of allylic oxidation sites excluding steroid dienone is 2. The Labute approximate surface area is 122 Å². The van der Waals surface area contributed by atoms with Gasteiger partial charge in [-0.2, -0.15) is 18.3 Å². The lowest BCUT2D eigenvalue weighted by atomic mass is 9.77. The highest BCUT2D eigenvalue weighted by atomic mass is 19.4. The monoisotopic (exact) mass is 297 g/mol. The zero-order valence-corrected chi connectivity index (χ0v) is 12.3. The lowest BCUT2D eigenvalue weighted by molar-refractivity contribution is -0.137. The van der Waals surface area contributed by atoms with Gasteiger partial charge in [-0.25, -0.2) is 4.98 Å². The summed E-state index contributed by atoms with van der Waals surface area (Å²) in [4.78, 5) is 3.73. The van der Waals surface area contributed by atoms with E-state index in [1.807, 2.05) is 13.0 Å². The quantitative estimate of drug-likeness (QED) is 0.808. The highest BCUT2D eigenvalue weighted by molar-refractivity contribution is 5.97. The van der Waals surface area contributed by atoms with E-state index in [4.69, 9.17) is 0 Å². The number of nitrogens with one attached hydrogen (secondary N) is 1. The molecule has 1 aromatic heterocycles. The number of alkyl halides is 3. The SMILES string of the molecule is CC1=C/C(=N\Nc2ccc(C(F)(F)F)cn2)CC(C)(C)C1. The van der Waals surface area contributed by atoms with Crippen LogP contribution in [0.2, 0.25) is 0 Å². The maximum Gasteiger partial charge on any atom is 0.417 e. The predicted octanol–water partition coefficient (Wildman–Crippen LogP) is 4.63. The Balaban J connectivity index is 2.09. The Morgan fingerprint density at radius 3 is 2.48 bits per heavy atom. The van der Waals surface area contributed by atoms with Crippen LogP contribution in [-0.2, 0) is 6.18 Å². The number of halogens is 3. The van der Waals surface area contributed by atoms with Gasteiger partial charge in [0.2, 0.25) is 0 Å². The van der Waals surface area contributed by atoms with Gasteiger partial charge in [0, 0.05) is 6.20 Å². The molecule has 1 aliphatic rings. The third-order valence-electron chi connectivity index (χ3n) is 3.23. The van der Waals surface area contributed by atoms with Crippen molar-refractivity contribution in [2.75, 3.05) is 5.43 Å². The van der Waals surface area contributed by atoms with Crippen LogP contribution in [-0.4, -0.2) is 10.7 Å². The van der Waals surface area contributed by atoms with Gasteiger partial charge in [0.05, 0.1) is 11.3 Å². The number of hydrogen-bond acceptors (Lipinski definition) is 3.